The van der Waals surface area contributed by atoms with Crippen LogP contribution in [-0.4, -0.2) is 28.2 Å². The van der Waals surface area contributed by atoms with Crippen molar-refractivity contribution in [3.63, 3.8) is 0 Å². The lowest BCUT2D eigenvalue weighted by molar-refractivity contribution is 0.383. The number of nitrogens with zero attached hydrogens (tertiary/aromatic N) is 4. The summed E-state index contributed by atoms with van der Waals surface area (Å²) < 4.78 is 2.36. The van der Waals surface area contributed by atoms with Gasteiger partial charge in [-0.3, -0.25) is 0 Å². The Morgan fingerprint density at radius 2 is 1.22 bits per heavy atom. The number of fused-ring (bicyclic) bond motifs is 3. The van der Waals surface area contributed by atoms with Gasteiger partial charge in [0.1, 0.15) is 12.0 Å². The summed E-state index contributed by atoms with van der Waals surface area (Å²) in [4.78, 5) is 15.0. The van der Waals surface area contributed by atoms with Crippen LogP contribution in [0.5, 0.6) is 0 Å². The topological polar surface area (TPSA) is 32.9 Å². The monoisotopic (exact) mass is 598 g/mol. The van der Waals surface area contributed by atoms with E-state index >= 15 is 0 Å². The second-order valence-electron chi connectivity index (χ2n) is 11.1. The summed E-state index contributed by atoms with van der Waals surface area (Å²) in [6.07, 6.45) is -0.189. The maximum Gasteiger partial charge on any atom is 0.159 e. The van der Waals surface area contributed by atoms with Gasteiger partial charge in [-0.25, -0.2) is 9.98 Å². The van der Waals surface area contributed by atoms with E-state index < -0.39 is 0 Å². The van der Waals surface area contributed by atoms with Gasteiger partial charge in [-0.15, -0.1) is 0 Å². The van der Waals surface area contributed by atoms with Crippen LogP contribution in [0.3, 0.4) is 0 Å². The van der Waals surface area contributed by atoms with E-state index in [9.17, 15) is 0 Å². The fourth-order valence-corrected chi connectivity index (χ4v) is 7.02. The summed E-state index contributed by atoms with van der Waals surface area (Å²) in [5.74, 6) is 1.63. The largest absolute Gasteiger partial charge is 0.333 e. The zero-order chi connectivity index (χ0) is 30.2. The van der Waals surface area contributed by atoms with Gasteiger partial charge in [-0.1, -0.05) is 121 Å². The first-order valence-corrected chi connectivity index (χ1v) is 15.9. The van der Waals surface area contributed by atoms with Gasteiger partial charge in [-0.2, -0.15) is 0 Å². The number of hydrogen-bond donors (Lipinski definition) is 0. The van der Waals surface area contributed by atoms with Crippen LogP contribution in [0.25, 0.3) is 27.5 Å². The molecule has 0 fully saturated rings. The average molecular weight is 599 g/mol. The molecule has 1 atom stereocenters. The highest BCUT2D eigenvalue weighted by Gasteiger charge is 2.26. The van der Waals surface area contributed by atoms with Crippen molar-refractivity contribution in [2.24, 2.45) is 9.98 Å². The highest BCUT2D eigenvalue weighted by molar-refractivity contribution is 7.99. The highest BCUT2D eigenvalue weighted by atomic mass is 32.2. The third kappa shape index (κ3) is 5.11. The van der Waals surface area contributed by atoms with Crippen molar-refractivity contribution in [2.45, 2.75) is 16.0 Å². The summed E-state index contributed by atoms with van der Waals surface area (Å²) in [6, 6.07) is 55.4. The molecule has 0 saturated heterocycles. The number of benzene rings is 6. The lowest BCUT2D eigenvalue weighted by atomic mass is 10.1. The fraction of sp³-hybridized carbons (Fsp3) is 0.0500. The number of para-hydroxylation sites is 1. The smallest absolute Gasteiger partial charge is 0.159 e. The van der Waals surface area contributed by atoms with E-state index in [0.717, 1.165) is 34.0 Å². The summed E-state index contributed by atoms with van der Waals surface area (Å²) in [7, 11) is 2.07. The lowest BCUT2D eigenvalue weighted by Crippen LogP contribution is -2.35. The SMILES string of the molecule is CN1C(c2ccccc2)=NC(c2cccc(-n3c4ccccc4c4cc(Sc5ccccc5)ccc43)c2)=NC1c1ccccc1. The maximum atomic E-state index is 5.22. The molecule has 0 radical (unpaired) electrons. The van der Waals surface area contributed by atoms with Crippen molar-refractivity contribution in [1.29, 1.82) is 0 Å². The molecule has 0 amide bonds. The van der Waals surface area contributed by atoms with Crippen molar-refractivity contribution < 1.29 is 0 Å². The Morgan fingerprint density at radius 1 is 0.556 bits per heavy atom. The molecule has 45 heavy (non-hydrogen) atoms. The molecule has 0 saturated carbocycles. The van der Waals surface area contributed by atoms with Gasteiger partial charge in [0.25, 0.3) is 0 Å². The second-order valence-corrected chi connectivity index (χ2v) is 12.3. The number of hydrogen-bond acceptors (Lipinski definition) is 4. The molecule has 0 bridgehead atoms. The van der Waals surface area contributed by atoms with Crippen LogP contribution in [0.15, 0.2) is 178 Å². The van der Waals surface area contributed by atoms with Crippen molar-refractivity contribution in [3.05, 3.63) is 174 Å². The predicted molar refractivity (Wildman–Crippen MR) is 188 cm³/mol. The molecule has 4 nitrogen and oxygen atoms in total. The maximum absolute atomic E-state index is 5.22. The van der Waals surface area contributed by atoms with Crippen molar-refractivity contribution >= 4 is 45.2 Å². The second kappa shape index (κ2) is 11.6. The molecule has 5 heteroatoms. The van der Waals surface area contributed by atoms with Crippen molar-refractivity contribution in [3.8, 4) is 5.69 Å². The van der Waals surface area contributed by atoms with E-state index in [1.54, 1.807) is 11.8 Å². The Bertz CT molecular complexity index is 2200. The molecule has 2 heterocycles. The van der Waals surface area contributed by atoms with Crippen LogP contribution in [0.4, 0.5) is 0 Å². The molecular weight excluding hydrogens is 569 g/mol. The van der Waals surface area contributed by atoms with Gasteiger partial charge in [0, 0.05) is 44.4 Å². The minimum Gasteiger partial charge on any atom is -0.333 e. The molecule has 1 aliphatic heterocycles. The molecule has 1 unspecified atom stereocenters. The molecule has 0 aliphatic carbocycles. The lowest BCUT2D eigenvalue weighted by Gasteiger charge is -2.32. The normalized spacial score (nSPS) is 14.9. The Morgan fingerprint density at radius 3 is 2.02 bits per heavy atom. The fourth-order valence-electron chi connectivity index (χ4n) is 6.15. The van der Waals surface area contributed by atoms with Gasteiger partial charge < -0.3 is 9.47 Å². The highest BCUT2D eigenvalue weighted by Crippen LogP contribution is 2.37. The third-order valence-electron chi connectivity index (χ3n) is 8.27. The summed E-state index contributed by atoms with van der Waals surface area (Å²) in [5.41, 5.74) is 6.60. The predicted octanol–water partition coefficient (Wildman–Crippen LogP) is 9.77. The van der Waals surface area contributed by atoms with E-state index in [-0.39, 0.29) is 6.17 Å². The van der Waals surface area contributed by atoms with Gasteiger partial charge >= 0.3 is 0 Å². The molecule has 0 spiro atoms. The number of amidine groups is 2. The molecule has 8 rings (SSSR count). The summed E-state index contributed by atoms with van der Waals surface area (Å²) in [5, 5.41) is 2.47. The standard InChI is InChI=1S/C40H30N4S/c1-43-39(28-14-5-2-6-15-28)41-38(42-40(43)29-16-7-3-8-17-29)30-18-13-19-31(26-30)44-36-23-12-11-22-34(36)35-27-33(24-25-37(35)44)45-32-20-9-4-10-21-32/h2-27,39H,1H3. The average Bonchev–Trinajstić information content (AvgIpc) is 3.43. The molecule has 7 aromatic rings. The van der Waals surface area contributed by atoms with Gasteiger partial charge in [0.15, 0.2) is 5.84 Å². The summed E-state index contributed by atoms with van der Waals surface area (Å²) >= 11 is 1.79. The van der Waals surface area contributed by atoms with Crippen molar-refractivity contribution in [2.75, 3.05) is 7.05 Å². The van der Waals surface area contributed by atoms with Crippen LogP contribution >= 0.6 is 11.8 Å². The van der Waals surface area contributed by atoms with E-state index in [4.69, 9.17) is 9.98 Å². The molecule has 216 valence electrons. The van der Waals surface area contributed by atoms with E-state index in [1.807, 2.05) is 12.1 Å². The molecule has 1 aliphatic rings. The minimum atomic E-state index is -0.189. The Balaban J connectivity index is 1.25. The summed E-state index contributed by atoms with van der Waals surface area (Å²) in [6.45, 7) is 0. The van der Waals surface area contributed by atoms with Crippen LogP contribution in [0.1, 0.15) is 22.9 Å². The van der Waals surface area contributed by atoms with Gasteiger partial charge in [-0.05, 0) is 54.1 Å². The van der Waals surface area contributed by atoms with Crippen LogP contribution in [0.2, 0.25) is 0 Å². The van der Waals surface area contributed by atoms with E-state index in [0.29, 0.717) is 0 Å². The van der Waals surface area contributed by atoms with Gasteiger partial charge in [0.05, 0.1) is 11.0 Å². The first-order valence-electron chi connectivity index (χ1n) is 15.1. The Labute approximate surface area is 267 Å². The van der Waals surface area contributed by atoms with Crippen LogP contribution in [-0.2, 0) is 0 Å². The Kier molecular flexibility index (Phi) is 7.01. The quantitative estimate of drug-likeness (QED) is 0.191. The van der Waals surface area contributed by atoms with Gasteiger partial charge in [0.2, 0.25) is 0 Å². The van der Waals surface area contributed by atoms with Crippen molar-refractivity contribution in [1.82, 2.24) is 9.47 Å². The Hall–Kier alpha value is -5.39. The zero-order valence-electron chi connectivity index (χ0n) is 24.8. The first-order chi connectivity index (χ1) is 22.2. The molecule has 1 aromatic heterocycles. The number of aromatic nitrogens is 1. The molecule has 6 aromatic carbocycles. The molecule has 0 N–H and O–H groups in total. The number of aliphatic imine (C=N–C) groups is 2. The number of rotatable bonds is 6. The zero-order valence-corrected chi connectivity index (χ0v) is 25.6. The molecular formula is C40H30N4S. The van der Waals surface area contributed by atoms with Crippen LogP contribution in [0, 0.1) is 0 Å². The van der Waals surface area contributed by atoms with E-state index in [1.165, 1.54) is 31.6 Å². The first kappa shape index (κ1) is 27.2. The third-order valence-corrected chi connectivity index (χ3v) is 9.27. The minimum absolute atomic E-state index is 0.189. The van der Waals surface area contributed by atoms with Crippen LogP contribution < -0.4 is 0 Å². The van der Waals surface area contributed by atoms with E-state index in [2.05, 4.69) is 162 Å².